The zero-order valence-electron chi connectivity index (χ0n) is 13.2. The molecule has 7 heteroatoms. The number of carbonyl (C=O) groups excluding carboxylic acids is 1. The fourth-order valence-corrected chi connectivity index (χ4v) is 3.21. The number of anilines is 1. The van der Waals surface area contributed by atoms with Gasteiger partial charge in [-0.1, -0.05) is 33.5 Å². The molecule has 4 nitrogen and oxygen atoms in total. The maximum atomic E-state index is 12.3. The molecule has 26 heavy (non-hydrogen) atoms. The summed E-state index contributed by atoms with van der Waals surface area (Å²) in [7, 11) is 0. The fourth-order valence-electron chi connectivity index (χ4n) is 1.96. The van der Waals surface area contributed by atoms with E-state index in [4.69, 9.17) is 22.8 Å². The molecule has 0 aliphatic heterocycles. The van der Waals surface area contributed by atoms with Crippen LogP contribution in [0, 0.1) is 23.7 Å². The Kier molecular flexibility index (Phi) is 7.29. The van der Waals surface area contributed by atoms with Gasteiger partial charge in [-0.3, -0.25) is 4.79 Å². The second-order valence-electron chi connectivity index (χ2n) is 4.94. The molecule has 0 fully saturated rings. The number of nitrogens with zero attached hydrogens (tertiary/aromatic N) is 1. The Morgan fingerprint density at radius 2 is 2.00 bits per heavy atom. The molecule has 0 bridgehead atoms. The molecule has 130 valence electrons. The van der Waals surface area contributed by atoms with Crippen molar-refractivity contribution < 1.29 is 9.53 Å². The standard InChI is InChI=1S/C19H11Br2ClN2O2/c1-2-7-26-18-16(21)9-12(10-17(18)22)8-13(11-23)19(25)24-15-5-3-14(20)4-6-15/h1,3-6,8-10H,7H2,(H,24,25)/b13-8-. The highest BCUT2D eigenvalue weighted by Gasteiger charge is 2.12. The van der Waals surface area contributed by atoms with E-state index in [2.05, 4.69) is 43.1 Å². The molecule has 1 N–H and O–H groups in total. The van der Waals surface area contributed by atoms with Crippen LogP contribution >= 0.6 is 43.5 Å². The summed E-state index contributed by atoms with van der Waals surface area (Å²) in [6.07, 6.45) is 6.61. The van der Waals surface area contributed by atoms with Crippen LogP contribution in [0.15, 0.2) is 50.9 Å². The SMILES string of the molecule is C#CCOc1c(Cl)cc(/C=C(/C#N)C(=O)Nc2ccc(Br)cc2)cc1Br. The van der Waals surface area contributed by atoms with E-state index < -0.39 is 5.91 Å². The maximum Gasteiger partial charge on any atom is 0.266 e. The number of terminal acetylenes is 1. The molecule has 0 aliphatic carbocycles. The molecule has 2 aromatic carbocycles. The van der Waals surface area contributed by atoms with Gasteiger partial charge in [-0.2, -0.15) is 5.26 Å². The van der Waals surface area contributed by atoms with Crippen molar-refractivity contribution in [3.63, 3.8) is 0 Å². The van der Waals surface area contributed by atoms with Crippen molar-refractivity contribution in [1.82, 2.24) is 0 Å². The number of hydrogen-bond acceptors (Lipinski definition) is 3. The molecule has 0 unspecified atom stereocenters. The average molecular weight is 495 g/mol. The Labute approximate surface area is 173 Å². The molecule has 1 amide bonds. The van der Waals surface area contributed by atoms with E-state index in [1.807, 2.05) is 6.07 Å². The van der Waals surface area contributed by atoms with Gasteiger partial charge < -0.3 is 10.1 Å². The Morgan fingerprint density at radius 3 is 2.58 bits per heavy atom. The normalized spacial score (nSPS) is 10.6. The van der Waals surface area contributed by atoms with Gasteiger partial charge in [-0.15, -0.1) is 6.42 Å². The highest BCUT2D eigenvalue weighted by molar-refractivity contribution is 9.10. The van der Waals surface area contributed by atoms with Gasteiger partial charge in [0.1, 0.15) is 18.2 Å². The number of benzene rings is 2. The van der Waals surface area contributed by atoms with Crippen molar-refractivity contribution >= 4 is 61.1 Å². The van der Waals surface area contributed by atoms with Crippen molar-refractivity contribution in [2.75, 3.05) is 11.9 Å². The van der Waals surface area contributed by atoms with Crippen LogP contribution in [0.5, 0.6) is 5.75 Å². The average Bonchev–Trinajstić information content (AvgIpc) is 2.61. The van der Waals surface area contributed by atoms with Gasteiger partial charge >= 0.3 is 0 Å². The van der Waals surface area contributed by atoms with Gasteiger partial charge in [0.15, 0.2) is 5.75 Å². The lowest BCUT2D eigenvalue weighted by Crippen LogP contribution is -2.13. The smallest absolute Gasteiger partial charge is 0.266 e. The third kappa shape index (κ3) is 5.37. The first-order chi connectivity index (χ1) is 12.4. The number of carbonyl (C=O) groups is 1. The summed E-state index contributed by atoms with van der Waals surface area (Å²) in [6.45, 7) is 0.0759. The van der Waals surface area contributed by atoms with Crippen molar-refractivity contribution in [2.24, 2.45) is 0 Å². The third-order valence-electron chi connectivity index (χ3n) is 3.10. The first-order valence-electron chi connectivity index (χ1n) is 7.18. The van der Waals surface area contributed by atoms with E-state index in [9.17, 15) is 10.1 Å². The number of rotatable bonds is 5. The molecule has 0 saturated carbocycles. The molecule has 0 radical (unpaired) electrons. The molecule has 0 atom stereocenters. The van der Waals surface area contributed by atoms with E-state index in [0.29, 0.717) is 26.5 Å². The number of nitrogens with one attached hydrogen (secondary N) is 1. The van der Waals surface area contributed by atoms with Crippen LogP contribution in [-0.4, -0.2) is 12.5 Å². The van der Waals surface area contributed by atoms with Gasteiger partial charge in [0, 0.05) is 10.2 Å². The maximum absolute atomic E-state index is 12.3. The van der Waals surface area contributed by atoms with Crippen LogP contribution in [0.3, 0.4) is 0 Å². The number of halogens is 3. The van der Waals surface area contributed by atoms with E-state index >= 15 is 0 Å². The van der Waals surface area contributed by atoms with Crippen LogP contribution in [0.2, 0.25) is 5.02 Å². The van der Waals surface area contributed by atoms with Crippen LogP contribution in [0.1, 0.15) is 5.56 Å². The van der Waals surface area contributed by atoms with Gasteiger partial charge in [0.25, 0.3) is 5.91 Å². The molecule has 0 aromatic heterocycles. The Bertz CT molecular complexity index is 918. The fraction of sp³-hybridized carbons (Fsp3) is 0.0526. The molecule has 0 heterocycles. The largest absolute Gasteiger partial charge is 0.478 e. The highest BCUT2D eigenvalue weighted by atomic mass is 79.9. The van der Waals surface area contributed by atoms with Crippen LogP contribution in [0.25, 0.3) is 6.08 Å². The molecule has 0 spiro atoms. The first kappa shape index (κ1) is 20.1. The van der Waals surface area contributed by atoms with Gasteiger partial charge in [-0.25, -0.2) is 0 Å². The zero-order valence-corrected chi connectivity index (χ0v) is 17.2. The molecule has 2 rings (SSSR count). The third-order valence-corrected chi connectivity index (χ3v) is 4.50. The summed E-state index contributed by atoms with van der Waals surface area (Å²) in [5.41, 5.74) is 1.09. The number of hydrogen-bond donors (Lipinski definition) is 1. The Hall–Kier alpha value is -2.25. The predicted molar refractivity (Wildman–Crippen MR) is 110 cm³/mol. The highest BCUT2D eigenvalue weighted by Crippen LogP contribution is 2.35. The second kappa shape index (κ2) is 9.45. The minimum atomic E-state index is -0.519. The van der Waals surface area contributed by atoms with E-state index in [1.54, 1.807) is 36.4 Å². The summed E-state index contributed by atoms with van der Waals surface area (Å²) in [5.74, 6) is 2.24. The summed E-state index contributed by atoms with van der Waals surface area (Å²) >= 11 is 12.8. The van der Waals surface area contributed by atoms with Gasteiger partial charge in [0.2, 0.25) is 0 Å². The number of nitriles is 1. The van der Waals surface area contributed by atoms with E-state index in [-0.39, 0.29) is 12.2 Å². The lowest BCUT2D eigenvalue weighted by Gasteiger charge is -2.09. The van der Waals surface area contributed by atoms with Crippen LogP contribution in [-0.2, 0) is 4.79 Å². The van der Waals surface area contributed by atoms with E-state index in [0.717, 1.165) is 4.47 Å². The minimum absolute atomic E-state index is 0.0619. The zero-order chi connectivity index (χ0) is 19.1. The van der Waals surface area contributed by atoms with Crippen molar-refractivity contribution in [3.8, 4) is 24.2 Å². The lowest BCUT2D eigenvalue weighted by atomic mass is 10.1. The Balaban J connectivity index is 2.25. The van der Waals surface area contributed by atoms with Crippen molar-refractivity contribution in [3.05, 3.63) is 61.5 Å². The minimum Gasteiger partial charge on any atom is -0.478 e. The molecule has 2 aromatic rings. The first-order valence-corrected chi connectivity index (χ1v) is 9.15. The quantitative estimate of drug-likeness (QED) is 0.343. The number of amides is 1. The van der Waals surface area contributed by atoms with E-state index in [1.165, 1.54) is 6.08 Å². The predicted octanol–water partition coefficient (Wildman–Crippen LogP) is 5.42. The Morgan fingerprint density at radius 1 is 1.31 bits per heavy atom. The molecule has 0 saturated heterocycles. The second-order valence-corrected chi connectivity index (χ2v) is 7.11. The monoisotopic (exact) mass is 492 g/mol. The topological polar surface area (TPSA) is 62.1 Å². The molecular weight excluding hydrogens is 483 g/mol. The lowest BCUT2D eigenvalue weighted by molar-refractivity contribution is -0.112. The van der Waals surface area contributed by atoms with Crippen LogP contribution in [0.4, 0.5) is 5.69 Å². The van der Waals surface area contributed by atoms with Crippen molar-refractivity contribution in [2.45, 2.75) is 0 Å². The van der Waals surface area contributed by atoms with Gasteiger partial charge in [0.05, 0.1) is 9.50 Å². The summed E-state index contributed by atoms with van der Waals surface area (Å²) in [6, 6.07) is 12.2. The van der Waals surface area contributed by atoms with Gasteiger partial charge in [-0.05, 0) is 64.0 Å². The summed E-state index contributed by atoms with van der Waals surface area (Å²) in [4.78, 5) is 12.3. The van der Waals surface area contributed by atoms with Crippen molar-refractivity contribution in [1.29, 1.82) is 5.26 Å². The molecular formula is C19H11Br2ClN2O2. The number of ether oxygens (including phenoxy) is 1. The molecule has 0 aliphatic rings. The summed E-state index contributed by atoms with van der Waals surface area (Å²) in [5, 5.41) is 12.3. The van der Waals surface area contributed by atoms with Crippen LogP contribution < -0.4 is 10.1 Å². The summed E-state index contributed by atoms with van der Waals surface area (Å²) < 4.78 is 6.81.